The van der Waals surface area contributed by atoms with Gasteiger partial charge >= 0.3 is 0 Å². The maximum absolute atomic E-state index is 11.8. The molecule has 0 aliphatic carbocycles. The number of nitrogens with one attached hydrogen (secondary N) is 2. The molecule has 4 N–H and O–H groups in total. The molecule has 17 heavy (non-hydrogen) atoms. The number of thiocarbonyl (C=S) groups is 1. The number of hydrogen-bond donors (Lipinski definition) is 3. The van der Waals surface area contributed by atoms with Crippen LogP contribution in [0.25, 0.3) is 0 Å². The summed E-state index contributed by atoms with van der Waals surface area (Å²) in [5.74, 6) is 0.0393. The maximum atomic E-state index is 11.8. The van der Waals surface area contributed by atoms with E-state index in [0.29, 0.717) is 6.54 Å². The Kier molecular flexibility index (Phi) is 2.79. The van der Waals surface area contributed by atoms with Gasteiger partial charge in [-0.3, -0.25) is 4.79 Å². The summed E-state index contributed by atoms with van der Waals surface area (Å²) in [5, 5.41) is 6.05. The van der Waals surface area contributed by atoms with Crippen LogP contribution in [0.1, 0.15) is 25.0 Å². The molecular weight excluding hydrogens is 234 g/mol. The molecule has 0 aromatic heterocycles. The van der Waals surface area contributed by atoms with Crippen molar-refractivity contribution in [2.75, 3.05) is 5.32 Å². The van der Waals surface area contributed by atoms with Crippen LogP contribution < -0.4 is 16.4 Å². The van der Waals surface area contributed by atoms with Gasteiger partial charge in [0.05, 0.1) is 5.41 Å². The molecular formula is C12H15N3OS. The minimum absolute atomic E-state index is 0.0393. The molecule has 0 saturated heterocycles. The predicted octanol–water partition coefficient (Wildman–Crippen LogP) is 1.25. The first-order valence-corrected chi connectivity index (χ1v) is 5.81. The van der Waals surface area contributed by atoms with Crippen molar-refractivity contribution < 1.29 is 4.79 Å². The normalized spacial score (nSPS) is 16.9. The second-order valence-electron chi connectivity index (χ2n) is 4.63. The standard InChI is InChI=1S/C12H15N3OS/c1-12(2)8-4-3-5-9(15-11(13)17)7(8)6-14-10(12)16/h3-5H,6H2,1-2H3,(H,14,16)(H3,13,15,17). The molecule has 90 valence electrons. The number of rotatable bonds is 1. The van der Waals surface area contributed by atoms with Gasteiger partial charge in [0.15, 0.2) is 5.11 Å². The van der Waals surface area contributed by atoms with Gasteiger partial charge in [-0.15, -0.1) is 0 Å². The Morgan fingerprint density at radius 1 is 1.53 bits per heavy atom. The fourth-order valence-electron chi connectivity index (χ4n) is 2.12. The second-order valence-corrected chi connectivity index (χ2v) is 5.07. The zero-order valence-electron chi connectivity index (χ0n) is 9.83. The molecule has 1 aliphatic rings. The van der Waals surface area contributed by atoms with Crippen LogP contribution in [-0.2, 0) is 16.8 Å². The number of amides is 1. The van der Waals surface area contributed by atoms with Crippen LogP contribution in [-0.4, -0.2) is 11.0 Å². The van der Waals surface area contributed by atoms with Gasteiger partial charge in [0.1, 0.15) is 0 Å². The highest BCUT2D eigenvalue weighted by Crippen LogP contribution is 2.34. The van der Waals surface area contributed by atoms with Crippen LogP contribution in [0.4, 0.5) is 5.69 Å². The molecule has 0 saturated carbocycles. The molecule has 2 rings (SSSR count). The van der Waals surface area contributed by atoms with Crippen LogP contribution in [0.2, 0.25) is 0 Å². The topological polar surface area (TPSA) is 67.2 Å². The molecule has 0 unspecified atom stereocenters. The number of benzene rings is 1. The van der Waals surface area contributed by atoms with Crippen molar-refractivity contribution in [2.24, 2.45) is 5.73 Å². The fraction of sp³-hybridized carbons (Fsp3) is 0.333. The van der Waals surface area contributed by atoms with E-state index in [1.807, 2.05) is 32.0 Å². The molecule has 0 radical (unpaired) electrons. The van der Waals surface area contributed by atoms with Crippen molar-refractivity contribution in [3.8, 4) is 0 Å². The highest BCUT2D eigenvalue weighted by molar-refractivity contribution is 7.80. The third-order valence-electron chi connectivity index (χ3n) is 3.10. The number of anilines is 1. The molecule has 0 spiro atoms. The van der Waals surface area contributed by atoms with Crippen LogP contribution in [0.5, 0.6) is 0 Å². The zero-order valence-corrected chi connectivity index (χ0v) is 10.6. The fourth-order valence-corrected chi connectivity index (χ4v) is 2.23. The molecule has 1 aromatic carbocycles. The summed E-state index contributed by atoms with van der Waals surface area (Å²) in [6, 6.07) is 5.78. The van der Waals surface area contributed by atoms with E-state index < -0.39 is 5.41 Å². The first-order valence-electron chi connectivity index (χ1n) is 5.40. The Hall–Kier alpha value is -1.62. The average molecular weight is 249 g/mol. The number of carbonyl (C=O) groups is 1. The lowest BCUT2D eigenvalue weighted by Gasteiger charge is -2.32. The van der Waals surface area contributed by atoms with Crippen LogP contribution >= 0.6 is 12.2 Å². The van der Waals surface area contributed by atoms with Crippen LogP contribution in [0.15, 0.2) is 18.2 Å². The monoisotopic (exact) mass is 249 g/mol. The quantitative estimate of drug-likeness (QED) is 0.655. The molecule has 0 atom stereocenters. The van der Waals surface area contributed by atoms with E-state index in [1.54, 1.807) is 0 Å². The lowest BCUT2D eigenvalue weighted by atomic mass is 9.78. The van der Waals surface area contributed by atoms with Gasteiger partial charge in [0.2, 0.25) is 5.91 Å². The summed E-state index contributed by atoms with van der Waals surface area (Å²) in [6.45, 7) is 4.32. The Balaban J connectivity index is 2.53. The number of carbonyl (C=O) groups excluding carboxylic acids is 1. The molecule has 0 bridgehead atoms. The highest BCUT2D eigenvalue weighted by Gasteiger charge is 2.36. The lowest BCUT2D eigenvalue weighted by molar-refractivity contribution is -0.126. The third-order valence-corrected chi connectivity index (χ3v) is 3.20. The summed E-state index contributed by atoms with van der Waals surface area (Å²) in [4.78, 5) is 11.8. The molecule has 1 amide bonds. The number of nitrogens with two attached hydrogens (primary N) is 1. The first kappa shape index (κ1) is 11.9. The van der Waals surface area contributed by atoms with Crippen molar-refractivity contribution in [3.05, 3.63) is 29.3 Å². The van der Waals surface area contributed by atoms with E-state index in [2.05, 4.69) is 10.6 Å². The minimum atomic E-state index is -0.526. The van der Waals surface area contributed by atoms with Gasteiger partial charge in [-0.25, -0.2) is 0 Å². The first-order chi connectivity index (χ1) is 7.93. The maximum Gasteiger partial charge on any atom is 0.230 e. The SMILES string of the molecule is CC1(C)C(=O)NCc2c(NC(N)=S)cccc21. The van der Waals surface area contributed by atoms with Crippen LogP contribution in [0, 0.1) is 0 Å². The van der Waals surface area contributed by atoms with Crippen molar-refractivity contribution in [3.63, 3.8) is 0 Å². The van der Waals surface area contributed by atoms with E-state index in [1.165, 1.54) is 0 Å². The smallest absolute Gasteiger partial charge is 0.230 e. The Labute approximate surface area is 106 Å². The summed E-state index contributed by atoms with van der Waals surface area (Å²) >= 11 is 4.84. The summed E-state index contributed by atoms with van der Waals surface area (Å²) in [5.41, 5.74) is 7.89. The second kappa shape index (κ2) is 4.00. The average Bonchev–Trinajstić information content (AvgIpc) is 2.24. The summed E-state index contributed by atoms with van der Waals surface area (Å²) in [6.07, 6.45) is 0. The summed E-state index contributed by atoms with van der Waals surface area (Å²) < 4.78 is 0. The molecule has 5 heteroatoms. The molecule has 1 aromatic rings. The Morgan fingerprint density at radius 3 is 2.88 bits per heavy atom. The van der Waals surface area contributed by atoms with E-state index in [4.69, 9.17) is 18.0 Å². The molecule has 1 heterocycles. The van der Waals surface area contributed by atoms with Crippen molar-refractivity contribution in [1.82, 2.24) is 5.32 Å². The molecule has 1 aliphatic heterocycles. The van der Waals surface area contributed by atoms with E-state index in [0.717, 1.165) is 16.8 Å². The van der Waals surface area contributed by atoms with Gasteiger partial charge in [-0.1, -0.05) is 12.1 Å². The van der Waals surface area contributed by atoms with Crippen molar-refractivity contribution >= 4 is 28.9 Å². The van der Waals surface area contributed by atoms with E-state index in [9.17, 15) is 4.79 Å². The largest absolute Gasteiger partial charge is 0.376 e. The minimum Gasteiger partial charge on any atom is -0.376 e. The van der Waals surface area contributed by atoms with Gasteiger partial charge in [-0.05, 0) is 43.3 Å². The van der Waals surface area contributed by atoms with Gasteiger partial charge in [-0.2, -0.15) is 0 Å². The number of hydrogen-bond acceptors (Lipinski definition) is 2. The van der Waals surface area contributed by atoms with E-state index in [-0.39, 0.29) is 11.0 Å². The Bertz CT molecular complexity index is 497. The number of fused-ring (bicyclic) bond motifs is 1. The predicted molar refractivity (Wildman–Crippen MR) is 71.7 cm³/mol. The van der Waals surface area contributed by atoms with Crippen molar-refractivity contribution in [2.45, 2.75) is 25.8 Å². The molecule has 0 fully saturated rings. The van der Waals surface area contributed by atoms with Gasteiger partial charge < -0.3 is 16.4 Å². The molecule has 4 nitrogen and oxygen atoms in total. The van der Waals surface area contributed by atoms with Crippen LogP contribution in [0.3, 0.4) is 0 Å². The highest BCUT2D eigenvalue weighted by atomic mass is 32.1. The summed E-state index contributed by atoms with van der Waals surface area (Å²) in [7, 11) is 0. The van der Waals surface area contributed by atoms with Gasteiger partial charge in [0.25, 0.3) is 0 Å². The zero-order chi connectivity index (χ0) is 12.6. The lowest BCUT2D eigenvalue weighted by Crippen LogP contribution is -2.45. The van der Waals surface area contributed by atoms with Gasteiger partial charge in [0, 0.05) is 12.2 Å². The third kappa shape index (κ3) is 1.98. The van der Waals surface area contributed by atoms with Crippen molar-refractivity contribution in [1.29, 1.82) is 0 Å². The Morgan fingerprint density at radius 2 is 2.24 bits per heavy atom. The van der Waals surface area contributed by atoms with E-state index >= 15 is 0 Å².